The fourth-order valence-corrected chi connectivity index (χ4v) is 1.42. The van der Waals surface area contributed by atoms with Gasteiger partial charge in [-0.15, -0.1) is 0 Å². The molecule has 0 radical (unpaired) electrons. The molecular formula is C7H3BrF2N2. The van der Waals surface area contributed by atoms with Crippen molar-refractivity contribution in [1.29, 1.82) is 0 Å². The van der Waals surface area contributed by atoms with Crippen LogP contribution in [-0.4, -0.2) is 9.97 Å². The summed E-state index contributed by atoms with van der Waals surface area (Å²) in [4.78, 5) is 5.82. The molecule has 0 fully saturated rings. The summed E-state index contributed by atoms with van der Waals surface area (Å²) < 4.78 is 25.5. The Morgan fingerprint density at radius 2 is 2.08 bits per heavy atom. The highest BCUT2D eigenvalue weighted by Gasteiger charge is 2.08. The minimum Gasteiger partial charge on any atom is -0.314 e. The molecule has 1 aromatic heterocycles. The van der Waals surface area contributed by atoms with E-state index < -0.39 is 11.9 Å². The number of aromatic amines is 1. The fourth-order valence-electron chi connectivity index (χ4n) is 0.987. The van der Waals surface area contributed by atoms with E-state index >= 15 is 0 Å². The van der Waals surface area contributed by atoms with Crippen molar-refractivity contribution >= 4 is 27.0 Å². The number of halogens is 3. The zero-order valence-corrected chi connectivity index (χ0v) is 7.32. The van der Waals surface area contributed by atoms with E-state index in [9.17, 15) is 8.78 Å². The van der Waals surface area contributed by atoms with Crippen LogP contribution in [0.1, 0.15) is 0 Å². The average Bonchev–Trinajstić information content (AvgIpc) is 2.39. The maximum absolute atomic E-state index is 12.8. The topological polar surface area (TPSA) is 28.7 Å². The third-order valence-electron chi connectivity index (χ3n) is 1.52. The van der Waals surface area contributed by atoms with Gasteiger partial charge in [0.15, 0.2) is 0 Å². The lowest BCUT2D eigenvalue weighted by molar-refractivity contribution is 0.556. The summed E-state index contributed by atoms with van der Waals surface area (Å²) in [6.45, 7) is 0. The van der Waals surface area contributed by atoms with Gasteiger partial charge in [0.2, 0.25) is 0 Å². The number of rotatable bonds is 0. The molecule has 1 aromatic carbocycles. The zero-order valence-electron chi connectivity index (χ0n) is 5.74. The van der Waals surface area contributed by atoms with Crippen LogP contribution >= 0.6 is 15.9 Å². The Labute approximate surface area is 74.7 Å². The molecule has 2 nitrogen and oxygen atoms in total. The number of H-pyrrole nitrogens is 1. The predicted molar refractivity (Wildman–Crippen MR) is 43.7 cm³/mol. The smallest absolute Gasteiger partial charge is 0.287 e. The molecule has 0 saturated heterocycles. The standard InChI is InChI=1S/C7H3BrF2N2/c8-5-3(9)1-2-4-6(5)12-7(10)11-4/h1-2H,(H,11,12). The largest absolute Gasteiger partial charge is 0.314 e. The average molecular weight is 233 g/mol. The first-order valence-electron chi connectivity index (χ1n) is 3.17. The molecule has 1 N–H and O–H groups in total. The van der Waals surface area contributed by atoms with Crippen LogP contribution in [0, 0.1) is 11.9 Å². The second-order valence-electron chi connectivity index (χ2n) is 2.29. The van der Waals surface area contributed by atoms with Crippen LogP contribution in [0.3, 0.4) is 0 Å². The van der Waals surface area contributed by atoms with Crippen LogP contribution in [0.5, 0.6) is 0 Å². The summed E-state index contributed by atoms with van der Waals surface area (Å²) >= 11 is 2.97. The van der Waals surface area contributed by atoms with Gasteiger partial charge in [0.25, 0.3) is 6.08 Å². The molecule has 62 valence electrons. The van der Waals surface area contributed by atoms with E-state index in [0.717, 1.165) is 0 Å². The van der Waals surface area contributed by atoms with Crippen LogP contribution in [0.4, 0.5) is 8.78 Å². The Bertz CT molecular complexity index is 438. The Kier molecular flexibility index (Phi) is 1.61. The first kappa shape index (κ1) is 7.67. The first-order chi connectivity index (χ1) is 5.68. The van der Waals surface area contributed by atoms with Gasteiger partial charge in [0.1, 0.15) is 11.3 Å². The second kappa shape index (κ2) is 2.52. The Morgan fingerprint density at radius 3 is 2.83 bits per heavy atom. The number of fused-ring (bicyclic) bond motifs is 1. The fraction of sp³-hybridized carbons (Fsp3) is 0. The Balaban J connectivity index is 2.89. The predicted octanol–water partition coefficient (Wildman–Crippen LogP) is 2.60. The highest BCUT2D eigenvalue weighted by molar-refractivity contribution is 9.10. The SMILES string of the molecule is Fc1nc2c(Br)c(F)ccc2[nH]1. The van der Waals surface area contributed by atoms with Crippen molar-refractivity contribution in [3.63, 3.8) is 0 Å². The highest BCUT2D eigenvalue weighted by Crippen LogP contribution is 2.24. The summed E-state index contributed by atoms with van der Waals surface area (Å²) in [5, 5.41) is 0. The molecule has 1 heterocycles. The van der Waals surface area contributed by atoms with Gasteiger partial charge < -0.3 is 4.98 Å². The zero-order chi connectivity index (χ0) is 8.72. The van der Waals surface area contributed by atoms with Gasteiger partial charge in [-0.05, 0) is 28.1 Å². The molecule has 12 heavy (non-hydrogen) atoms. The number of hydrogen-bond acceptors (Lipinski definition) is 1. The molecule has 0 aliphatic rings. The van der Waals surface area contributed by atoms with E-state index in [1.165, 1.54) is 12.1 Å². The first-order valence-corrected chi connectivity index (χ1v) is 3.97. The van der Waals surface area contributed by atoms with Gasteiger partial charge in [0.05, 0.1) is 9.99 Å². The molecular weight excluding hydrogens is 230 g/mol. The van der Waals surface area contributed by atoms with Gasteiger partial charge in [-0.3, -0.25) is 0 Å². The lowest BCUT2D eigenvalue weighted by Gasteiger charge is -1.92. The monoisotopic (exact) mass is 232 g/mol. The third-order valence-corrected chi connectivity index (χ3v) is 2.27. The van der Waals surface area contributed by atoms with Gasteiger partial charge in [0, 0.05) is 0 Å². The second-order valence-corrected chi connectivity index (χ2v) is 3.08. The maximum Gasteiger partial charge on any atom is 0.287 e. The van der Waals surface area contributed by atoms with E-state index in [1.807, 2.05) is 0 Å². The number of hydrogen-bond donors (Lipinski definition) is 1. The number of aromatic nitrogens is 2. The molecule has 0 bridgehead atoms. The minimum absolute atomic E-state index is 0.181. The van der Waals surface area contributed by atoms with Crippen LogP contribution in [0.2, 0.25) is 0 Å². The Morgan fingerprint density at radius 1 is 1.33 bits per heavy atom. The maximum atomic E-state index is 12.8. The lowest BCUT2D eigenvalue weighted by Crippen LogP contribution is -1.78. The van der Waals surface area contributed by atoms with E-state index in [1.54, 1.807) is 0 Å². The molecule has 0 amide bonds. The van der Waals surface area contributed by atoms with Crippen molar-refractivity contribution in [3.8, 4) is 0 Å². The molecule has 0 spiro atoms. The van der Waals surface area contributed by atoms with Crippen molar-refractivity contribution < 1.29 is 8.78 Å². The van der Waals surface area contributed by atoms with Crippen LogP contribution < -0.4 is 0 Å². The molecule has 0 aliphatic heterocycles. The molecule has 0 atom stereocenters. The summed E-state index contributed by atoms with van der Waals surface area (Å²) in [6, 6.07) is 2.68. The van der Waals surface area contributed by atoms with Gasteiger partial charge >= 0.3 is 0 Å². The van der Waals surface area contributed by atoms with Crippen LogP contribution in [0.25, 0.3) is 11.0 Å². The van der Waals surface area contributed by atoms with Crippen LogP contribution in [-0.2, 0) is 0 Å². The molecule has 2 aromatic rings. The van der Waals surface area contributed by atoms with E-state index in [4.69, 9.17) is 0 Å². The summed E-state index contributed by atoms with van der Waals surface area (Å²) in [5.41, 5.74) is 0.744. The quantitative estimate of drug-likeness (QED) is 0.744. The van der Waals surface area contributed by atoms with Crippen molar-refractivity contribution in [2.75, 3.05) is 0 Å². The van der Waals surface area contributed by atoms with Gasteiger partial charge in [-0.1, -0.05) is 0 Å². The number of imidazole rings is 1. The van der Waals surface area contributed by atoms with Crippen molar-refractivity contribution in [3.05, 3.63) is 28.5 Å². The summed E-state index contributed by atoms with van der Waals surface area (Å²) in [6.07, 6.45) is -0.712. The molecule has 0 aliphatic carbocycles. The van der Waals surface area contributed by atoms with Crippen molar-refractivity contribution in [2.45, 2.75) is 0 Å². The molecule has 2 rings (SSSR count). The number of nitrogens with zero attached hydrogens (tertiary/aromatic N) is 1. The number of benzene rings is 1. The van der Waals surface area contributed by atoms with Crippen molar-refractivity contribution in [2.24, 2.45) is 0 Å². The summed E-state index contributed by atoms with van der Waals surface area (Å²) in [7, 11) is 0. The Hall–Kier alpha value is -0.970. The van der Waals surface area contributed by atoms with Crippen LogP contribution in [0.15, 0.2) is 16.6 Å². The molecule has 5 heteroatoms. The minimum atomic E-state index is -0.712. The van der Waals surface area contributed by atoms with E-state index in [0.29, 0.717) is 5.52 Å². The number of nitrogens with one attached hydrogen (secondary N) is 1. The molecule has 0 saturated carbocycles. The van der Waals surface area contributed by atoms with E-state index in [2.05, 4.69) is 25.9 Å². The van der Waals surface area contributed by atoms with Gasteiger partial charge in [-0.25, -0.2) is 9.37 Å². The normalized spacial score (nSPS) is 10.9. The van der Waals surface area contributed by atoms with E-state index in [-0.39, 0.29) is 9.99 Å². The molecule has 0 unspecified atom stereocenters. The lowest BCUT2D eigenvalue weighted by atomic mass is 10.3. The highest BCUT2D eigenvalue weighted by atomic mass is 79.9. The van der Waals surface area contributed by atoms with Gasteiger partial charge in [-0.2, -0.15) is 4.39 Å². The summed E-state index contributed by atoms with van der Waals surface area (Å²) in [5.74, 6) is -0.450. The third kappa shape index (κ3) is 1.01. The van der Waals surface area contributed by atoms with Crippen molar-refractivity contribution in [1.82, 2.24) is 9.97 Å².